The topological polar surface area (TPSA) is 72.0 Å². The van der Waals surface area contributed by atoms with Crippen LogP contribution in [0.25, 0.3) is 10.2 Å². The Hall–Kier alpha value is -2.90. The monoisotopic (exact) mass is 393 g/mol. The number of aromatic nitrogens is 2. The van der Waals surface area contributed by atoms with Crippen molar-refractivity contribution < 1.29 is 9.59 Å². The summed E-state index contributed by atoms with van der Waals surface area (Å²) in [5, 5.41) is 5.18. The van der Waals surface area contributed by atoms with Gasteiger partial charge in [-0.05, 0) is 23.3 Å². The van der Waals surface area contributed by atoms with Gasteiger partial charge in [-0.2, -0.15) is 0 Å². The highest BCUT2D eigenvalue weighted by molar-refractivity contribution is 7.22. The van der Waals surface area contributed by atoms with Crippen molar-refractivity contribution in [1.82, 2.24) is 9.97 Å². The lowest BCUT2D eigenvalue weighted by atomic mass is 10.1. The summed E-state index contributed by atoms with van der Waals surface area (Å²) >= 11 is 2.82. The number of hydrogen-bond donors (Lipinski definition) is 1. The van der Waals surface area contributed by atoms with Crippen molar-refractivity contribution >= 4 is 49.7 Å². The smallest absolute Gasteiger partial charge is 0.230 e. The summed E-state index contributed by atoms with van der Waals surface area (Å²) < 4.78 is 0.939. The van der Waals surface area contributed by atoms with Crippen LogP contribution < -0.4 is 5.32 Å². The molecule has 0 spiro atoms. The molecule has 27 heavy (non-hydrogen) atoms. The molecule has 134 valence electrons. The number of nitrogens with zero attached hydrogens (tertiary/aromatic N) is 2. The van der Waals surface area contributed by atoms with Crippen LogP contribution in [0.1, 0.15) is 21.6 Å². The van der Waals surface area contributed by atoms with Gasteiger partial charge in [0.1, 0.15) is 5.69 Å². The van der Waals surface area contributed by atoms with Crippen LogP contribution in [0, 0.1) is 0 Å². The number of carbonyl (C=O) groups excluding carboxylic acids is 2. The number of rotatable bonds is 6. The predicted octanol–water partition coefficient (Wildman–Crippen LogP) is 4.36. The lowest BCUT2D eigenvalue weighted by Crippen LogP contribution is -2.13. The van der Waals surface area contributed by atoms with Gasteiger partial charge in [0.2, 0.25) is 5.91 Å². The maximum absolute atomic E-state index is 12.2. The second kappa shape index (κ2) is 7.77. The number of ketones is 1. The highest BCUT2D eigenvalue weighted by Gasteiger charge is 2.12. The van der Waals surface area contributed by atoms with Crippen LogP contribution in [0.4, 0.5) is 5.13 Å². The lowest BCUT2D eigenvalue weighted by molar-refractivity contribution is -0.115. The third-order valence-electron chi connectivity index (χ3n) is 3.99. The molecule has 4 aromatic rings. The number of anilines is 1. The average molecular weight is 393 g/mol. The summed E-state index contributed by atoms with van der Waals surface area (Å²) in [6.07, 6.45) is 0.609. The van der Waals surface area contributed by atoms with Crippen LogP contribution in [0.3, 0.4) is 0 Å². The van der Waals surface area contributed by atoms with Crippen molar-refractivity contribution in [3.05, 3.63) is 76.2 Å². The summed E-state index contributed by atoms with van der Waals surface area (Å²) in [5.74, 6) is -0.101. The molecule has 0 atom stereocenters. The number of fused-ring (bicyclic) bond motifs is 1. The van der Waals surface area contributed by atoms with Crippen LogP contribution in [-0.4, -0.2) is 21.7 Å². The SMILES string of the molecule is O=C(Cc1ccccc1)Nc1nc2ccc(CC(=O)c3cscn3)cc2s1. The third-order valence-corrected chi connectivity index (χ3v) is 5.51. The van der Waals surface area contributed by atoms with E-state index in [0.717, 1.165) is 21.3 Å². The molecule has 5 nitrogen and oxygen atoms in total. The first-order valence-corrected chi connectivity index (χ1v) is 10.1. The highest BCUT2D eigenvalue weighted by atomic mass is 32.1. The normalized spacial score (nSPS) is 10.8. The first-order chi connectivity index (χ1) is 13.2. The molecular weight excluding hydrogens is 378 g/mol. The van der Waals surface area contributed by atoms with Gasteiger partial charge in [0.15, 0.2) is 10.9 Å². The molecule has 0 bridgehead atoms. The van der Waals surface area contributed by atoms with E-state index >= 15 is 0 Å². The minimum atomic E-state index is -0.0980. The minimum absolute atomic E-state index is 0.00324. The molecule has 0 aliphatic rings. The summed E-state index contributed by atoms with van der Waals surface area (Å²) in [5.41, 5.74) is 4.83. The second-order valence-electron chi connectivity index (χ2n) is 6.01. The molecule has 0 saturated carbocycles. The fraction of sp³-hybridized carbons (Fsp3) is 0.100. The van der Waals surface area contributed by atoms with E-state index in [1.54, 1.807) is 10.9 Å². The molecule has 7 heteroatoms. The van der Waals surface area contributed by atoms with Crippen molar-refractivity contribution in [2.24, 2.45) is 0 Å². The maximum Gasteiger partial charge on any atom is 0.230 e. The Bertz CT molecular complexity index is 1090. The zero-order valence-electron chi connectivity index (χ0n) is 14.2. The molecule has 0 saturated heterocycles. The van der Waals surface area contributed by atoms with E-state index in [-0.39, 0.29) is 11.7 Å². The molecule has 0 radical (unpaired) electrons. The summed E-state index contributed by atoms with van der Waals surface area (Å²) in [6.45, 7) is 0. The molecular formula is C20H15N3O2S2. The standard InChI is InChI=1S/C20H15N3O2S2/c24-17(16-11-26-12-21-16)8-14-6-7-15-18(9-14)27-20(22-15)23-19(25)10-13-4-2-1-3-5-13/h1-7,9,11-12H,8,10H2,(H,22,23,25). The fourth-order valence-corrected chi connectivity index (χ4v) is 4.21. The van der Waals surface area contributed by atoms with Gasteiger partial charge in [-0.15, -0.1) is 11.3 Å². The summed E-state index contributed by atoms with van der Waals surface area (Å²) in [7, 11) is 0. The van der Waals surface area contributed by atoms with Crippen molar-refractivity contribution in [2.45, 2.75) is 12.8 Å². The Morgan fingerprint density at radius 2 is 1.85 bits per heavy atom. The molecule has 2 aromatic carbocycles. The van der Waals surface area contributed by atoms with E-state index in [1.807, 2.05) is 48.5 Å². The molecule has 0 unspecified atom stereocenters. The lowest BCUT2D eigenvalue weighted by Gasteiger charge is -2.01. The quantitative estimate of drug-likeness (QED) is 0.494. The van der Waals surface area contributed by atoms with E-state index in [0.29, 0.717) is 23.7 Å². The number of amides is 1. The Kier molecular flexibility index (Phi) is 5.04. The number of hydrogen-bond acceptors (Lipinski definition) is 6. The van der Waals surface area contributed by atoms with Gasteiger partial charge in [-0.1, -0.05) is 47.7 Å². The predicted molar refractivity (Wildman–Crippen MR) is 109 cm³/mol. The van der Waals surface area contributed by atoms with Crippen molar-refractivity contribution in [2.75, 3.05) is 5.32 Å². The Morgan fingerprint density at radius 1 is 1.00 bits per heavy atom. The fourth-order valence-electron chi connectivity index (χ4n) is 2.70. The Labute approximate surface area is 163 Å². The third kappa shape index (κ3) is 4.27. The minimum Gasteiger partial charge on any atom is -0.302 e. The summed E-state index contributed by atoms with van der Waals surface area (Å²) in [4.78, 5) is 32.9. The van der Waals surface area contributed by atoms with Crippen LogP contribution >= 0.6 is 22.7 Å². The van der Waals surface area contributed by atoms with Crippen molar-refractivity contribution in [3.63, 3.8) is 0 Å². The van der Waals surface area contributed by atoms with Crippen LogP contribution in [0.2, 0.25) is 0 Å². The van der Waals surface area contributed by atoms with E-state index in [1.165, 1.54) is 22.7 Å². The molecule has 0 aliphatic heterocycles. The molecule has 0 aliphatic carbocycles. The van der Waals surface area contributed by atoms with Gasteiger partial charge in [-0.25, -0.2) is 9.97 Å². The van der Waals surface area contributed by atoms with E-state index in [9.17, 15) is 9.59 Å². The molecule has 0 fully saturated rings. The van der Waals surface area contributed by atoms with Gasteiger partial charge in [0, 0.05) is 11.8 Å². The van der Waals surface area contributed by atoms with Gasteiger partial charge >= 0.3 is 0 Å². The zero-order valence-corrected chi connectivity index (χ0v) is 15.8. The van der Waals surface area contributed by atoms with E-state index < -0.39 is 0 Å². The van der Waals surface area contributed by atoms with Crippen molar-refractivity contribution in [1.29, 1.82) is 0 Å². The number of thiazole rings is 2. The molecule has 1 amide bonds. The summed E-state index contributed by atoms with van der Waals surface area (Å²) in [6, 6.07) is 15.3. The Balaban J connectivity index is 1.46. The van der Waals surface area contributed by atoms with Gasteiger partial charge < -0.3 is 5.32 Å². The zero-order chi connectivity index (χ0) is 18.6. The average Bonchev–Trinajstić information content (AvgIpc) is 3.31. The first kappa shape index (κ1) is 17.5. The number of benzene rings is 2. The van der Waals surface area contributed by atoms with Crippen molar-refractivity contribution in [3.8, 4) is 0 Å². The first-order valence-electron chi connectivity index (χ1n) is 8.32. The largest absolute Gasteiger partial charge is 0.302 e. The molecule has 4 rings (SSSR count). The Morgan fingerprint density at radius 3 is 2.63 bits per heavy atom. The highest BCUT2D eigenvalue weighted by Crippen LogP contribution is 2.27. The van der Waals surface area contributed by atoms with Crippen LogP contribution in [0.5, 0.6) is 0 Å². The second-order valence-corrected chi connectivity index (χ2v) is 7.75. The van der Waals surface area contributed by atoms with E-state index in [2.05, 4.69) is 15.3 Å². The molecule has 2 heterocycles. The number of Topliss-reactive ketones (excluding diaryl/α,β-unsaturated/α-hetero) is 1. The molecule has 2 aromatic heterocycles. The van der Waals surface area contributed by atoms with Gasteiger partial charge in [0.05, 0.1) is 22.1 Å². The van der Waals surface area contributed by atoms with Gasteiger partial charge in [0.25, 0.3) is 0 Å². The van der Waals surface area contributed by atoms with Gasteiger partial charge in [-0.3, -0.25) is 9.59 Å². The van der Waals surface area contributed by atoms with E-state index in [4.69, 9.17) is 0 Å². The maximum atomic E-state index is 12.2. The van der Waals surface area contributed by atoms with Crippen LogP contribution in [0.15, 0.2) is 59.4 Å². The molecule has 1 N–H and O–H groups in total. The number of carbonyl (C=O) groups is 2. The van der Waals surface area contributed by atoms with Crippen LogP contribution in [-0.2, 0) is 17.6 Å². The number of nitrogens with one attached hydrogen (secondary N) is 1.